The number of halogens is 1. The lowest BCUT2D eigenvalue weighted by Crippen LogP contribution is -2.43. The van der Waals surface area contributed by atoms with Gasteiger partial charge in [0.15, 0.2) is 0 Å². The second-order valence-corrected chi connectivity index (χ2v) is 5.55. The van der Waals surface area contributed by atoms with Crippen molar-refractivity contribution in [3.8, 4) is 5.75 Å². The molecule has 2 atom stereocenters. The zero-order chi connectivity index (χ0) is 13.2. The Kier molecular flexibility index (Phi) is 4.18. The van der Waals surface area contributed by atoms with E-state index < -0.39 is 0 Å². The molecule has 0 saturated carbocycles. The van der Waals surface area contributed by atoms with Crippen LogP contribution in [0.1, 0.15) is 51.1 Å². The van der Waals surface area contributed by atoms with Crippen molar-refractivity contribution in [2.45, 2.75) is 51.2 Å². The van der Waals surface area contributed by atoms with Crippen LogP contribution >= 0.6 is 11.6 Å². The Morgan fingerprint density at radius 1 is 1.44 bits per heavy atom. The van der Waals surface area contributed by atoms with Gasteiger partial charge in [-0.15, -0.1) is 0 Å². The van der Waals surface area contributed by atoms with Gasteiger partial charge in [-0.3, -0.25) is 0 Å². The predicted molar refractivity (Wildman–Crippen MR) is 76.4 cm³/mol. The Hall–Kier alpha value is -0.730. The van der Waals surface area contributed by atoms with Crippen LogP contribution < -0.4 is 10.1 Å². The van der Waals surface area contributed by atoms with Gasteiger partial charge in [-0.25, -0.2) is 0 Å². The highest BCUT2D eigenvalue weighted by atomic mass is 35.5. The number of benzene rings is 1. The summed E-state index contributed by atoms with van der Waals surface area (Å²) in [6.45, 7) is 4.43. The molecule has 1 aromatic carbocycles. The molecule has 1 aromatic rings. The van der Waals surface area contributed by atoms with Crippen molar-refractivity contribution >= 4 is 11.6 Å². The van der Waals surface area contributed by atoms with Gasteiger partial charge >= 0.3 is 0 Å². The Morgan fingerprint density at radius 3 is 2.83 bits per heavy atom. The fourth-order valence-electron chi connectivity index (χ4n) is 2.90. The zero-order valence-electron chi connectivity index (χ0n) is 11.4. The molecule has 1 aliphatic heterocycles. The molecule has 1 N–H and O–H groups in total. The van der Waals surface area contributed by atoms with Crippen molar-refractivity contribution in [3.05, 3.63) is 28.8 Å². The number of fused-ring (bicyclic) bond motifs is 1. The minimum absolute atomic E-state index is 0.0245. The molecule has 1 heterocycles. The maximum atomic E-state index is 6.30. The highest BCUT2D eigenvalue weighted by molar-refractivity contribution is 6.30. The monoisotopic (exact) mass is 267 g/mol. The third kappa shape index (κ3) is 2.50. The third-order valence-corrected chi connectivity index (χ3v) is 4.18. The lowest BCUT2D eigenvalue weighted by molar-refractivity contribution is 0.0188. The first-order valence-electron chi connectivity index (χ1n) is 6.80. The maximum Gasteiger partial charge on any atom is 0.125 e. The first kappa shape index (κ1) is 13.7. The minimum atomic E-state index is -0.0245. The Balaban J connectivity index is 2.38. The zero-order valence-corrected chi connectivity index (χ0v) is 12.2. The topological polar surface area (TPSA) is 21.3 Å². The summed E-state index contributed by atoms with van der Waals surface area (Å²) >= 11 is 6.08. The van der Waals surface area contributed by atoms with Gasteiger partial charge in [-0.05, 0) is 38.1 Å². The molecule has 0 fully saturated rings. The van der Waals surface area contributed by atoms with Gasteiger partial charge in [0.1, 0.15) is 11.4 Å². The van der Waals surface area contributed by atoms with Crippen molar-refractivity contribution in [2.24, 2.45) is 0 Å². The van der Waals surface area contributed by atoms with Crippen LogP contribution in [-0.4, -0.2) is 12.6 Å². The number of ether oxygens (including phenoxy) is 1. The van der Waals surface area contributed by atoms with Gasteiger partial charge in [0.25, 0.3) is 0 Å². The van der Waals surface area contributed by atoms with E-state index in [1.54, 1.807) is 0 Å². The van der Waals surface area contributed by atoms with E-state index in [-0.39, 0.29) is 5.60 Å². The normalized spacial score (nSPS) is 26.6. The molecule has 1 aliphatic rings. The summed E-state index contributed by atoms with van der Waals surface area (Å²) in [7, 11) is 2.01. The molecule has 0 amide bonds. The molecule has 0 aromatic heterocycles. The molecule has 2 nitrogen and oxygen atoms in total. The highest BCUT2D eigenvalue weighted by Gasteiger charge is 2.38. The van der Waals surface area contributed by atoms with Crippen LogP contribution in [0.2, 0.25) is 5.02 Å². The SMILES string of the molecule is CCCC1(CC)CC(NC)c2cc(Cl)ccc2O1. The molecule has 3 heteroatoms. The fourth-order valence-corrected chi connectivity index (χ4v) is 3.08. The van der Waals surface area contributed by atoms with E-state index in [2.05, 4.69) is 19.2 Å². The molecule has 0 bridgehead atoms. The van der Waals surface area contributed by atoms with Crippen molar-refractivity contribution < 1.29 is 4.74 Å². The minimum Gasteiger partial charge on any atom is -0.487 e. The molecular weight excluding hydrogens is 246 g/mol. The molecule has 2 unspecified atom stereocenters. The summed E-state index contributed by atoms with van der Waals surface area (Å²) in [5.74, 6) is 0.986. The van der Waals surface area contributed by atoms with Crippen LogP contribution in [0.25, 0.3) is 0 Å². The molecule has 0 spiro atoms. The van der Waals surface area contributed by atoms with E-state index in [0.29, 0.717) is 6.04 Å². The van der Waals surface area contributed by atoms with Crippen LogP contribution in [0, 0.1) is 0 Å². The van der Waals surface area contributed by atoms with Crippen LogP contribution in [0.3, 0.4) is 0 Å². The molecule has 0 radical (unpaired) electrons. The van der Waals surface area contributed by atoms with E-state index in [1.165, 1.54) is 5.56 Å². The van der Waals surface area contributed by atoms with Crippen molar-refractivity contribution in [3.63, 3.8) is 0 Å². The number of hydrogen-bond acceptors (Lipinski definition) is 2. The Bertz CT molecular complexity index is 421. The highest BCUT2D eigenvalue weighted by Crippen LogP contribution is 2.43. The van der Waals surface area contributed by atoms with Gasteiger partial charge in [-0.1, -0.05) is 31.9 Å². The quantitative estimate of drug-likeness (QED) is 0.877. The Labute approximate surface area is 115 Å². The lowest BCUT2D eigenvalue weighted by atomic mass is 9.82. The standard InChI is InChI=1S/C15H22ClNO/c1-4-8-15(5-2)10-13(17-3)12-9-11(16)6-7-14(12)18-15/h6-7,9,13,17H,4-5,8,10H2,1-3H3. The maximum absolute atomic E-state index is 6.30. The lowest BCUT2D eigenvalue weighted by Gasteiger charge is -2.42. The average Bonchev–Trinajstić information content (AvgIpc) is 2.38. The largest absolute Gasteiger partial charge is 0.487 e. The van der Waals surface area contributed by atoms with Crippen molar-refractivity contribution in [1.29, 1.82) is 0 Å². The second kappa shape index (κ2) is 5.50. The summed E-state index contributed by atoms with van der Waals surface area (Å²) in [4.78, 5) is 0. The van der Waals surface area contributed by atoms with Crippen molar-refractivity contribution in [2.75, 3.05) is 7.05 Å². The van der Waals surface area contributed by atoms with Gasteiger partial charge in [0.2, 0.25) is 0 Å². The number of rotatable bonds is 4. The molecule has 2 rings (SSSR count). The third-order valence-electron chi connectivity index (χ3n) is 3.95. The summed E-state index contributed by atoms with van der Waals surface area (Å²) in [6, 6.07) is 6.26. The first-order valence-corrected chi connectivity index (χ1v) is 7.17. The summed E-state index contributed by atoms with van der Waals surface area (Å²) in [6.07, 6.45) is 4.30. The summed E-state index contributed by atoms with van der Waals surface area (Å²) in [5, 5.41) is 4.17. The number of nitrogens with one attached hydrogen (secondary N) is 1. The fraction of sp³-hybridized carbons (Fsp3) is 0.600. The second-order valence-electron chi connectivity index (χ2n) is 5.12. The van der Waals surface area contributed by atoms with E-state index in [9.17, 15) is 0 Å². The van der Waals surface area contributed by atoms with E-state index in [1.807, 2.05) is 25.2 Å². The number of hydrogen-bond donors (Lipinski definition) is 1. The first-order chi connectivity index (χ1) is 8.64. The Morgan fingerprint density at radius 2 is 2.22 bits per heavy atom. The van der Waals surface area contributed by atoms with Crippen molar-refractivity contribution in [1.82, 2.24) is 5.32 Å². The van der Waals surface area contributed by atoms with Crippen LogP contribution in [0.5, 0.6) is 5.75 Å². The van der Waals surface area contributed by atoms with E-state index in [4.69, 9.17) is 16.3 Å². The van der Waals surface area contributed by atoms with Crippen LogP contribution in [-0.2, 0) is 0 Å². The molecule has 100 valence electrons. The van der Waals surface area contributed by atoms with Gasteiger partial charge in [0.05, 0.1) is 0 Å². The van der Waals surface area contributed by atoms with E-state index >= 15 is 0 Å². The predicted octanol–water partition coefficient (Wildman–Crippen LogP) is 4.33. The molecule has 18 heavy (non-hydrogen) atoms. The summed E-state index contributed by atoms with van der Waals surface area (Å²) in [5.41, 5.74) is 1.16. The van der Waals surface area contributed by atoms with E-state index in [0.717, 1.165) is 36.5 Å². The van der Waals surface area contributed by atoms with Crippen LogP contribution in [0.4, 0.5) is 0 Å². The van der Waals surface area contributed by atoms with Gasteiger partial charge < -0.3 is 10.1 Å². The smallest absolute Gasteiger partial charge is 0.125 e. The molecule has 0 aliphatic carbocycles. The molecule has 0 saturated heterocycles. The van der Waals surface area contributed by atoms with Gasteiger partial charge in [0, 0.05) is 23.0 Å². The van der Waals surface area contributed by atoms with Gasteiger partial charge in [-0.2, -0.15) is 0 Å². The molecular formula is C15H22ClNO. The van der Waals surface area contributed by atoms with Crippen LogP contribution in [0.15, 0.2) is 18.2 Å². The summed E-state index contributed by atoms with van der Waals surface area (Å²) < 4.78 is 6.30. The average molecular weight is 268 g/mol.